The fourth-order valence-corrected chi connectivity index (χ4v) is 2.21. The number of nitrogens with zero attached hydrogens (tertiary/aromatic N) is 1. The van der Waals surface area contributed by atoms with Crippen LogP contribution in [0.4, 0.5) is 0 Å². The molecule has 1 aliphatic rings. The van der Waals surface area contributed by atoms with Crippen LogP contribution in [0.3, 0.4) is 0 Å². The van der Waals surface area contributed by atoms with Crippen molar-refractivity contribution in [2.75, 3.05) is 12.4 Å². The first-order valence-corrected chi connectivity index (χ1v) is 5.11. The molecule has 0 amide bonds. The molecular formula is C9H18ClN. The first-order valence-electron chi connectivity index (χ1n) is 4.57. The molecule has 11 heavy (non-hydrogen) atoms. The van der Waals surface area contributed by atoms with Gasteiger partial charge in [-0.2, -0.15) is 0 Å². The lowest BCUT2D eigenvalue weighted by Crippen LogP contribution is -2.44. The second-order valence-electron chi connectivity index (χ2n) is 3.56. The Morgan fingerprint density at radius 3 is 2.27 bits per heavy atom. The molecule has 2 heteroatoms. The third-order valence-corrected chi connectivity index (χ3v) is 2.89. The largest absolute Gasteiger partial charge is 0.297 e. The molecule has 0 aromatic rings. The quantitative estimate of drug-likeness (QED) is 0.583. The standard InChI is InChI=1S/C9H18ClN/c1-8-4-3-5-9(2)11(8)7-6-10/h8-9H,3-7H2,1-2H3. The number of hydrogen-bond acceptors (Lipinski definition) is 1. The summed E-state index contributed by atoms with van der Waals surface area (Å²) in [6.07, 6.45) is 4.09. The Hall–Kier alpha value is 0.250. The van der Waals surface area contributed by atoms with Crippen LogP contribution >= 0.6 is 11.6 Å². The first-order chi connectivity index (χ1) is 5.25. The Morgan fingerprint density at radius 2 is 1.82 bits per heavy atom. The van der Waals surface area contributed by atoms with Gasteiger partial charge in [-0.25, -0.2) is 0 Å². The molecule has 0 aromatic carbocycles. The van der Waals surface area contributed by atoms with Gasteiger partial charge in [0.25, 0.3) is 0 Å². The monoisotopic (exact) mass is 175 g/mol. The molecule has 2 atom stereocenters. The van der Waals surface area contributed by atoms with Gasteiger partial charge < -0.3 is 0 Å². The maximum atomic E-state index is 5.72. The molecule has 1 saturated heterocycles. The van der Waals surface area contributed by atoms with E-state index < -0.39 is 0 Å². The summed E-state index contributed by atoms with van der Waals surface area (Å²) < 4.78 is 0. The second-order valence-corrected chi connectivity index (χ2v) is 3.93. The van der Waals surface area contributed by atoms with Crippen molar-refractivity contribution in [2.24, 2.45) is 0 Å². The van der Waals surface area contributed by atoms with Crippen molar-refractivity contribution in [3.63, 3.8) is 0 Å². The summed E-state index contributed by atoms with van der Waals surface area (Å²) in [4.78, 5) is 2.52. The van der Waals surface area contributed by atoms with Crippen molar-refractivity contribution in [1.29, 1.82) is 0 Å². The van der Waals surface area contributed by atoms with Crippen molar-refractivity contribution < 1.29 is 0 Å². The van der Waals surface area contributed by atoms with Gasteiger partial charge in [0.1, 0.15) is 0 Å². The molecule has 1 rings (SSSR count). The van der Waals surface area contributed by atoms with Gasteiger partial charge in [-0.3, -0.25) is 4.90 Å². The van der Waals surface area contributed by atoms with Gasteiger partial charge >= 0.3 is 0 Å². The van der Waals surface area contributed by atoms with Gasteiger partial charge in [-0.15, -0.1) is 11.6 Å². The van der Waals surface area contributed by atoms with Crippen molar-refractivity contribution >= 4 is 11.6 Å². The van der Waals surface area contributed by atoms with Crippen LogP contribution in [0.2, 0.25) is 0 Å². The Kier molecular flexibility index (Phi) is 3.67. The summed E-state index contributed by atoms with van der Waals surface area (Å²) in [6, 6.07) is 1.50. The SMILES string of the molecule is CC1CCCC(C)N1CCCl. The lowest BCUT2D eigenvalue weighted by Gasteiger charge is -2.38. The predicted molar refractivity (Wildman–Crippen MR) is 50.2 cm³/mol. The predicted octanol–water partition coefficient (Wildman–Crippen LogP) is 2.49. The molecule has 1 aliphatic heterocycles. The Morgan fingerprint density at radius 1 is 1.27 bits per heavy atom. The highest BCUT2D eigenvalue weighted by Crippen LogP contribution is 2.21. The molecule has 0 radical (unpaired) electrons. The highest BCUT2D eigenvalue weighted by Gasteiger charge is 2.23. The van der Waals surface area contributed by atoms with E-state index in [0.717, 1.165) is 24.5 Å². The van der Waals surface area contributed by atoms with Crippen LogP contribution in [-0.4, -0.2) is 29.4 Å². The molecule has 0 aliphatic carbocycles. The lowest BCUT2D eigenvalue weighted by molar-refractivity contribution is 0.112. The average Bonchev–Trinajstić information content (AvgIpc) is 1.97. The van der Waals surface area contributed by atoms with E-state index in [1.807, 2.05) is 0 Å². The van der Waals surface area contributed by atoms with Crippen LogP contribution in [0.1, 0.15) is 33.1 Å². The molecule has 66 valence electrons. The summed E-state index contributed by atoms with van der Waals surface area (Å²) in [7, 11) is 0. The van der Waals surface area contributed by atoms with Gasteiger partial charge in [-0.05, 0) is 26.7 Å². The van der Waals surface area contributed by atoms with E-state index in [9.17, 15) is 0 Å². The fourth-order valence-electron chi connectivity index (χ4n) is 2.01. The summed E-state index contributed by atoms with van der Waals surface area (Å²) in [5.41, 5.74) is 0. The third-order valence-electron chi connectivity index (χ3n) is 2.72. The van der Waals surface area contributed by atoms with Crippen molar-refractivity contribution in [2.45, 2.75) is 45.2 Å². The zero-order valence-corrected chi connectivity index (χ0v) is 8.27. The van der Waals surface area contributed by atoms with Crippen LogP contribution in [-0.2, 0) is 0 Å². The van der Waals surface area contributed by atoms with Crippen molar-refractivity contribution in [1.82, 2.24) is 4.90 Å². The van der Waals surface area contributed by atoms with E-state index in [0.29, 0.717) is 0 Å². The highest BCUT2D eigenvalue weighted by atomic mass is 35.5. The molecule has 0 saturated carbocycles. The van der Waals surface area contributed by atoms with Crippen LogP contribution in [0.15, 0.2) is 0 Å². The Bertz CT molecular complexity index is 106. The zero-order valence-electron chi connectivity index (χ0n) is 7.52. The van der Waals surface area contributed by atoms with Gasteiger partial charge in [0.05, 0.1) is 0 Å². The smallest absolute Gasteiger partial charge is 0.0351 e. The van der Waals surface area contributed by atoms with E-state index in [1.54, 1.807) is 0 Å². The number of alkyl halides is 1. The molecule has 1 fully saturated rings. The number of halogens is 1. The minimum Gasteiger partial charge on any atom is -0.297 e. The van der Waals surface area contributed by atoms with E-state index in [-0.39, 0.29) is 0 Å². The van der Waals surface area contributed by atoms with Crippen molar-refractivity contribution in [3.05, 3.63) is 0 Å². The molecule has 1 heterocycles. The molecule has 0 N–H and O–H groups in total. The topological polar surface area (TPSA) is 3.24 Å². The number of hydrogen-bond donors (Lipinski definition) is 0. The van der Waals surface area contributed by atoms with E-state index in [2.05, 4.69) is 18.7 Å². The van der Waals surface area contributed by atoms with Gasteiger partial charge in [0.15, 0.2) is 0 Å². The summed E-state index contributed by atoms with van der Waals surface area (Å²) in [5.74, 6) is 0.773. The summed E-state index contributed by atoms with van der Waals surface area (Å²) in [6.45, 7) is 5.67. The summed E-state index contributed by atoms with van der Waals surface area (Å²) in [5, 5.41) is 0. The maximum absolute atomic E-state index is 5.72. The molecule has 0 bridgehead atoms. The number of likely N-dealkylation sites (tertiary alicyclic amines) is 1. The minimum absolute atomic E-state index is 0.748. The Balaban J connectivity index is 2.41. The minimum atomic E-state index is 0.748. The molecule has 0 aromatic heterocycles. The lowest BCUT2D eigenvalue weighted by atomic mass is 9.98. The van der Waals surface area contributed by atoms with Gasteiger partial charge in [-0.1, -0.05) is 6.42 Å². The first kappa shape index (κ1) is 9.34. The zero-order chi connectivity index (χ0) is 8.27. The number of piperidine rings is 1. The fraction of sp³-hybridized carbons (Fsp3) is 1.00. The van der Waals surface area contributed by atoms with E-state index >= 15 is 0 Å². The van der Waals surface area contributed by atoms with Crippen LogP contribution in [0, 0.1) is 0 Å². The normalized spacial score (nSPS) is 34.1. The number of rotatable bonds is 2. The van der Waals surface area contributed by atoms with Crippen LogP contribution in [0.5, 0.6) is 0 Å². The summed E-state index contributed by atoms with van der Waals surface area (Å²) >= 11 is 5.72. The third kappa shape index (κ3) is 2.34. The molecule has 2 unspecified atom stereocenters. The molecule has 0 spiro atoms. The van der Waals surface area contributed by atoms with Gasteiger partial charge in [0, 0.05) is 24.5 Å². The van der Waals surface area contributed by atoms with E-state index in [1.165, 1.54) is 19.3 Å². The average molecular weight is 176 g/mol. The van der Waals surface area contributed by atoms with Crippen LogP contribution < -0.4 is 0 Å². The van der Waals surface area contributed by atoms with E-state index in [4.69, 9.17) is 11.6 Å². The Labute approximate surface area is 74.7 Å². The molecular weight excluding hydrogens is 158 g/mol. The van der Waals surface area contributed by atoms with Crippen molar-refractivity contribution in [3.8, 4) is 0 Å². The second kappa shape index (κ2) is 4.32. The highest BCUT2D eigenvalue weighted by molar-refractivity contribution is 6.18. The van der Waals surface area contributed by atoms with Crippen LogP contribution in [0.25, 0.3) is 0 Å². The van der Waals surface area contributed by atoms with Gasteiger partial charge in [0.2, 0.25) is 0 Å². The molecule has 1 nitrogen and oxygen atoms in total. The maximum Gasteiger partial charge on any atom is 0.0351 e.